The number of rotatable bonds is 3. The maximum absolute atomic E-state index is 13.7. The smallest absolute Gasteiger partial charge is 0.274 e. The molecule has 1 aromatic carbocycles. The second kappa shape index (κ2) is 4.18. The van der Waals surface area contributed by atoms with Crippen LogP contribution in [0, 0.1) is 0 Å². The van der Waals surface area contributed by atoms with Crippen LogP contribution in [0.5, 0.6) is 0 Å². The minimum absolute atomic E-state index is 0.00391. The molecule has 0 spiro atoms. The van der Waals surface area contributed by atoms with Crippen LogP contribution in [0.3, 0.4) is 0 Å². The largest absolute Gasteiger partial charge is 0.325 e. The predicted octanol–water partition coefficient (Wildman–Crippen LogP) is 3.67. The first-order valence-electron chi connectivity index (χ1n) is 4.63. The minimum atomic E-state index is -2.88. The van der Waals surface area contributed by atoms with Gasteiger partial charge in [0.15, 0.2) is 0 Å². The second-order valence-corrected chi connectivity index (χ2v) is 5.29. The standard InChI is InChI=1S/C11H14BrF2N/c1-10(2,15)7-11(13,14)8-3-5-9(12)6-4-8/h3-6H,7,15H2,1-2H3. The van der Waals surface area contributed by atoms with Gasteiger partial charge in [-0.2, -0.15) is 0 Å². The van der Waals surface area contributed by atoms with Gasteiger partial charge in [0, 0.05) is 22.0 Å². The molecule has 2 N–H and O–H groups in total. The van der Waals surface area contributed by atoms with Gasteiger partial charge in [-0.3, -0.25) is 0 Å². The van der Waals surface area contributed by atoms with Gasteiger partial charge in [0.2, 0.25) is 0 Å². The molecule has 1 rings (SSSR count). The Bertz CT molecular complexity index is 327. The number of hydrogen-bond donors (Lipinski definition) is 1. The summed E-state index contributed by atoms with van der Waals surface area (Å²) >= 11 is 3.20. The zero-order chi connectivity index (χ0) is 11.7. The average Bonchev–Trinajstić information content (AvgIpc) is 2.00. The van der Waals surface area contributed by atoms with Crippen molar-refractivity contribution >= 4 is 15.9 Å². The van der Waals surface area contributed by atoms with Crippen LogP contribution in [-0.2, 0) is 5.92 Å². The lowest BCUT2D eigenvalue weighted by molar-refractivity contribution is -0.0295. The first-order valence-corrected chi connectivity index (χ1v) is 5.43. The van der Waals surface area contributed by atoms with Crippen molar-refractivity contribution in [1.82, 2.24) is 0 Å². The molecule has 0 aliphatic rings. The number of halogens is 3. The summed E-state index contributed by atoms with van der Waals surface area (Å²) in [5.74, 6) is -2.88. The summed E-state index contributed by atoms with van der Waals surface area (Å²) < 4.78 is 28.2. The summed E-state index contributed by atoms with van der Waals surface area (Å²) in [5, 5.41) is 0. The Morgan fingerprint density at radius 1 is 1.20 bits per heavy atom. The van der Waals surface area contributed by atoms with Gasteiger partial charge < -0.3 is 5.73 Å². The Labute approximate surface area is 96.8 Å². The molecule has 0 aliphatic heterocycles. The summed E-state index contributed by atoms with van der Waals surface area (Å²) in [7, 11) is 0. The summed E-state index contributed by atoms with van der Waals surface area (Å²) in [6, 6.07) is 6.03. The molecule has 0 radical (unpaired) electrons. The van der Waals surface area contributed by atoms with E-state index in [-0.39, 0.29) is 12.0 Å². The van der Waals surface area contributed by atoms with E-state index in [0.29, 0.717) is 0 Å². The highest BCUT2D eigenvalue weighted by Crippen LogP contribution is 2.35. The summed E-state index contributed by atoms with van der Waals surface area (Å²) in [5.41, 5.74) is 4.73. The Morgan fingerprint density at radius 2 is 1.67 bits per heavy atom. The van der Waals surface area contributed by atoms with Gasteiger partial charge in [-0.15, -0.1) is 0 Å². The van der Waals surface area contributed by atoms with E-state index in [0.717, 1.165) is 4.47 Å². The van der Waals surface area contributed by atoms with Crippen molar-refractivity contribution in [3.63, 3.8) is 0 Å². The van der Waals surface area contributed by atoms with Crippen molar-refractivity contribution < 1.29 is 8.78 Å². The fourth-order valence-electron chi connectivity index (χ4n) is 1.37. The summed E-state index contributed by atoms with van der Waals surface area (Å²) in [6.45, 7) is 3.19. The zero-order valence-corrected chi connectivity index (χ0v) is 10.3. The Kier molecular flexibility index (Phi) is 3.51. The molecule has 0 saturated heterocycles. The molecule has 1 aromatic rings. The molecular weight excluding hydrogens is 264 g/mol. The fourth-order valence-corrected chi connectivity index (χ4v) is 1.63. The third kappa shape index (κ3) is 3.87. The van der Waals surface area contributed by atoms with Crippen LogP contribution in [-0.4, -0.2) is 5.54 Å². The number of benzene rings is 1. The van der Waals surface area contributed by atoms with Gasteiger partial charge in [0.25, 0.3) is 5.92 Å². The maximum Gasteiger partial charge on any atom is 0.274 e. The first-order chi connectivity index (χ1) is 6.71. The lowest BCUT2D eigenvalue weighted by atomic mass is 9.93. The van der Waals surface area contributed by atoms with Gasteiger partial charge in [-0.05, 0) is 26.0 Å². The zero-order valence-electron chi connectivity index (χ0n) is 8.73. The molecular formula is C11H14BrF2N. The van der Waals surface area contributed by atoms with Crippen LogP contribution in [0.2, 0.25) is 0 Å². The molecule has 4 heteroatoms. The molecule has 0 atom stereocenters. The summed E-state index contributed by atoms with van der Waals surface area (Å²) in [4.78, 5) is 0. The molecule has 0 bridgehead atoms. The van der Waals surface area contributed by atoms with E-state index in [1.807, 2.05) is 0 Å². The Balaban J connectivity index is 2.90. The van der Waals surface area contributed by atoms with Gasteiger partial charge in [-0.25, -0.2) is 8.78 Å². The average molecular weight is 278 g/mol. The van der Waals surface area contributed by atoms with Crippen molar-refractivity contribution in [2.45, 2.75) is 31.7 Å². The monoisotopic (exact) mass is 277 g/mol. The van der Waals surface area contributed by atoms with Crippen LogP contribution < -0.4 is 5.73 Å². The van der Waals surface area contributed by atoms with Crippen molar-refractivity contribution in [3.05, 3.63) is 34.3 Å². The molecule has 1 nitrogen and oxygen atoms in total. The first kappa shape index (κ1) is 12.6. The molecule has 0 aliphatic carbocycles. The van der Waals surface area contributed by atoms with Crippen LogP contribution in [0.25, 0.3) is 0 Å². The third-order valence-electron chi connectivity index (χ3n) is 1.94. The quantitative estimate of drug-likeness (QED) is 0.897. The van der Waals surface area contributed by atoms with Crippen LogP contribution >= 0.6 is 15.9 Å². The topological polar surface area (TPSA) is 26.0 Å². The molecule has 0 aromatic heterocycles. The molecule has 0 amide bonds. The van der Waals surface area contributed by atoms with Gasteiger partial charge in [-0.1, -0.05) is 28.1 Å². The normalized spacial score (nSPS) is 12.9. The van der Waals surface area contributed by atoms with Gasteiger partial charge >= 0.3 is 0 Å². The van der Waals surface area contributed by atoms with Crippen molar-refractivity contribution in [1.29, 1.82) is 0 Å². The molecule has 0 unspecified atom stereocenters. The van der Waals surface area contributed by atoms with Crippen molar-refractivity contribution in [3.8, 4) is 0 Å². The van der Waals surface area contributed by atoms with E-state index in [4.69, 9.17) is 5.73 Å². The van der Waals surface area contributed by atoms with Gasteiger partial charge in [0.1, 0.15) is 0 Å². The predicted molar refractivity (Wildman–Crippen MR) is 60.9 cm³/mol. The molecule has 0 heterocycles. The highest BCUT2D eigenvalue weighted by Gasteiger charge is 2.36. The van der Waals surface area contributed by atoms with E-state index < -0.39 is 11.5 Å². The molecule has 0 saturated carbocycles. The lowest BCUT2D eigenvalue weighted by Crippen LogP contribution is -2.37. The molecule has 0 fully saturated rings. The van der Waals surface area contributed by atoms with Crippen LogP contribution in [0.4, 0.5) is 8.78 Å². The van der Waals surface area contributed by atoms with E-state index in [1.165, 1.54) is 12.1 Å². The number of nitrogens with two attached hydrogens (primary N) is 1. The lowest BCUT2D eigenvalue weighted by Gasteiger charge is -2.25. The van der Waals surface area contributed by atoms with Crippen molar-refractivity contribution in [2.24, 2.45) is 5.73 Å². The summed E-state index contributed by atoms with van der Waals surface area (Å²) in [6.07, 6.45) is -0.359. The van der Waals surface area contributed by atoms with Crippen molar-refractivity contribution in [2.75, 3.05) is 0 Å². The Hall–Kier alpha value is -0.480. The third-order valence-corrected chi connectivity index (χ3v) is 2.47. The molecule has 84 valence electrons. The second-order valence-electron chi connectivity index (χ2n) is 4.38. The highest BCUT2D eigenvalue weighted by atomic mass is 79.9. The maximum atomic E-state index is 13.7. The van der Waals surface area contributed by atoms with Crippen LogP contribution in [0.1, 0.15) is 25.8 Å². The number of hydrogen-bond acceptors (Lipinski definition) is 1. The number of alkyl halides is 2. The fraction of sp³-hybridized carbons (Fsp3) is 0.455. The van der Waals surface area contributed by atoms with E-state index in [9.17, 15) is 8.78 Å². The van der Waals surface area contributed by atoms with E-state index >= 15 is 0 Å². The van der Waals surface area contributed by atoms with E-state index in [1.54, 1.807) is 26.0 Å². The van der Waals surface area contributed by atoms with Gasteiger partial charge in [0.05, 0.1) is 0 Å². The van der Waals surface area contributed by atoms with Crippen LogP contribution in [0.15, 0.2) is 28.7 Å². The van der Waals surface area contributed by atoms with E-state index in [2.05, 4.69) is 15.9 Å². The minimum Gasteiger partial charge on any atom is -0.325 e. The molecule has 15 heavy (non-hydrogen) atoms. The highest BCUT2D eigenvalue weighted by molar-refractivity contribution is 9.10. The SMILES string of the molecule is CC(C)(N)CC(F)(F)c1ccc(Br)cc1. The Morgan fingerprint density at radius 3 is 2.07 bits per heavy atom.